The Balaban J connectivity index is 1.37. The first-order chi connectivity index (χ1) is 21.0. The van der Waals surface area contributed by atoms with Gasteiger partial charge in [-0.05, 0) is 72.2 Å². The van der Waals surface area contributed by atoms with Gasteiger partial charge in [0.15, 0.2) is 0 Å². The van der Waals surface area contributed by atoms with E-state index in [-0.39, 0.29) is 24.0 Å². The van der Waals surface area contributed by atoms with Crippen molar-refractivity contribution in [3.8, 4) is 11.1 Å². The second-order valence-corrected chi connectivity index (χ2v) is 11.2. The molecule has 0 saturated heterocycles. The molecule has 0 spiro atoms. The van der Waals surface area contributed by atoms with Gasteiger partial charge in [-0.25, -0.2) is 17.6 Å². The standard InChI is InChI=1S/C32H27F6N5O/c1-16-5-6-18(11-19(16)14-39-2)22-4-3-7-40-28(22)25(10-17-8-20(33)12-21(34)9-17)41-26(44)15-43-30-27(29(42-43)31(35)36)23-13-24(23)32(30,37)38/h3-9,11-12,14,23-25,31H,10,13,15H2,1-2H3,(H,41,44)/t23?,24?,25-/m0/s1. The molecule has 6 nitrogen and oxygen atoms in total. The minimum Gasteiger partial charge on any atom is -0.346 e. The summed E-state index contributed by atoms with van der Waals surface area (Å²) in [5.74, 6) is -7.62. The molecule has 12 heteroatoms. The average molecular weight is 612 g/mol. The van der Waals surface area contributed by atoms with Gasteiger partial charge in [-0.1, -0.05) is 18.2 Å². The molecule has 1 amide bonds. The smallest absolute Gasteiger partial charge is 0.293 e. The number of benzene rings is 2. The lowest BCUT2D eigenvalue weighted by Crippen LogP contribution is -2.35. The minimum atomic E-state index is -3.39. The first kappa shape index (κ1) is 29.6. The van der Waals surface area contributed by atoms with Crippen molar-refractivity contribution in [2.45, 2.75) is 50.6 Å². The molecule has 1 N–H and O–H groups in total. The van der Waals surface area contributed by atoms with Crippen LogP contribution < -0.4 is 5.32 Å². The highest BCUT2D eigenvalue weighted by molar-refractivity contribution is 5.85. The quantitative estimate of drug-likeness (QED) is 0.167. The summed E-state index contributed by atoms with van der Waals surface area (Å²) in [5.41, 5.74) is 2.13. The van der Waals surface area contributed by atoms with E-state index in [2.05, 4.69) is 20.4 Å². The molecule has 4 aromatic rings. The van der Waals surface area contributed by atoms with Crippen LogP contribution in [0.2, 0.25) is 0 Å². The van der Waals surface area contributed by atoms with Crippen LogP contribution in [0.3, 0.4) is 0 Å². The molecule has 2 aromatic carbocycles. The molecular formula is C32H27F6N5O. The Kier molecular flexibility index (Phi) is 7.54. The van der Waals surface area contributed by atoms with Gasteiger partial charge in [0.05, 0.1) is 11.7 Å². The number of nitrogens with zero attached hydrogens (tertiary/aromatic N) is 4. The minimum absolute atomic E-state index is 0.0944. The van der Waals surface area contributed by atoms with Gasteiger partial charge in [-0.3, -0.25) is 19.5 Å². The van der Waals surface area contributed by atoms with Crippen LogP contribution in [0.15, 0.2) is 59.7 Å². The molecule has 2 unspecified atom stereocenters. The highest BCUT2D eigenvalue weighted by atomic mass is 19.3. The molecule has 1 saturated carbocycles. The number of halogens is 6. The van der Waals surface area contributed by atoms with Crippen LogP contribution in [0.5, 0.6) is 0 Å². The number of aryl methyl sites for hydroxylation is 1. The van der Waals surface area contributed by atoms with E-state index in [4.69, 9.17) is 0 Å². The topological polar surface area (TPSA) is 72.2 Å². The van der Waals surface area contributed by atoms with Gasteiger partial charge in [0.25, 0.3) is 12.3 Å². The van der Waals surface area contributed by atoms with Crippen molar-refractivity contribution in [3.63, 3.8) is 0 Å². The number of carbonyl (C=O) groups excluding carboxylic acids is 1. The summed E-state index contributed by atoms with van der Waals surface area (Å²) >= 11 is 0. The van der Waals surface area contributed by atoms with Gasteiger partial charge in [0.2, 0.25) is 5.91 Å². The third-order valence-corrected chi connectivity index (χ3v) is 8.18. The van der Waals surface area contributed by atoms with Crippen LogP contribution in [0.4, 0.5) is 26.3 Å². The molecule has 6 rings (SSSR count). The van der Waals surface area contributed by atoms with Crippen molar-refractivity contribution in [1.82, 2.24) is 20.1 Å². The maximum atomic E-state index is 15.1. The van der Waals surface area contributed by atoms with E-state index in [1.807, 2.05) is 25.1 Å². The second kappa shape index (κ2) is 11.2. The summed E-state index contributed by atoms with van der Waals surface area (Å²) in [7, 11) is 1.64. The lowest BCUT2D eigenvalue weighted by molar-refractivity contribution is -0.123. The van der Waals surface area contributed by atoms with Gasteiger partial charge in [0, 0.05) is 42.6 Å². The molecule has 2 aromatic heterocycles. The van der Waals surface area contributed by atoms with Crippen LogP contribution in [-0.4, -0.2) is 33.9 Å². The fourth-order valence-corrected chi connectivity index (χ4v) is 6.16. The van der Waals surface area contributed by atoms with E-state index >= 15 is 8.78 Å². The van der Waals surface area contributed by atoms with Crippen LogP contribution in [-0.2, 0) is 23.7 Å². The van der Waals surface area contributed by atoms with Crippen molar-refractivity contribution >= 4 is 12.1 Å². The van der Waals surface area contributed by atoms with Crippen LogP contribution in [0.1, 0.15) is 64.1 Å². The fraction of sp³-hybridized carbons (Fsp3) is 0.312. The maximum absolute atomic E-state index is 15.1. The molecular weight excluding hydrogens is 584 g/mol. The molecule has 2 aliphatic carbocycles. The zero-order valence-corrected chi connectivity index (χ0v) is 23.7. The highest BCUT2D eigenvalue weighted by Crippen LogP contribution is 2.68. The second-order valence-electron chi connectivity index (χ2n) is 11.2. The summed E-state index contributed by atoms with van der Waals surface area (Å²) in [6, 6.07) is 11.1. The van der Waals surface area contributed by atoms with Crippen LogP contribution in [0.25, 0.3) is 11.1 Å². The Bertz CT molecular complexity index is 1760. The van der Waals surface area contributed by atoms with Crippen molar-refractivity contribution in [3.05, 3.63) is 106 Å². The van der Waals surface area contributed by atoms with Gasteiger partial charge in [-0.2, -0.15) is 13.9 Å². The number of hydrogen-bond donors (Lipinski definition) is 1. The molecule has 0 bridgehead atoms. The van der Waals surface area contributed by atoms with E-state index in [0.717, 1.165) is 34.9 Å². The molecule has 228 valence electrons. The fourth-order valence-electron chi connectivity index (χ4n) is 6.16. The molecule has 0 radical (unpaired) electrons. The number of fused-ring (bicyclic) bond motifs is 3. The SMILES string of the molecule is CN=Cc1cc(-c2cccnc2[C@H](Cc2cc(F)cc(F)c2)NC(=O)Cn2nc(C(F)F)c3c2C(F)(F)C2CC32)ccc1C. The van der Waals surface area contributed by atoms with Crippen molar-refractivity contribution in [1.29, 1.82) is 0 Å². The van der Waals surface area contributed by atoms with E-state index < -0.39 is 65.7 Å². The van der Waals surface area contributed by atoms with Crippen LogP contribution >= 0.6 is 0 Å². The Labute approximate surface area is 248 Å². The summed E-state index contributed by atoms with van der Waals surface area (Å²) in [6.07, 6.45) is 0.0948. The Hall–Kier alpha value is -4.48. The molecule has 3 atom stereocenters. The van der Waals surface area contributed by atoms with Gasteiger partial charge in [0.1, 0.15) is 29.6 Å². The normalized spacial score (nSPS) is 18.8. The van der Waals surface area contributed by atoms with Gasteiger partial charge in [-0.15, -0.1) is 0 Å². The number of hydrogen-bond acceptors (Lipinski definition) is 4. The van der Waals surface area contributed by atoms with E-state index in [9.17, 15) is 22.4 Å². The number of rotatable bonds is 9. The lowest BCUT2D eigenvalue weighted by atomic mass is 9.93. The number of aromatic nitrogens is 3. The van der Waals surface area contributed by atoms with Crippen LogP contribution in [0, 0.1) is 24.5 Å². The number of aliphatic imine (C=N–C) groups is 1. The molecule has 1 fully saturated rings. The Morgan fingerprint density at radius 1 is 1.14 bits per heavy atom. The highest BCUT2D eigenvalue weighted by Gasteiger charge is 2.67. The third-order valence-electron chi connectivity index (χ3n) is 8.18. The molecule has 2 aliphatic rings. The maximum Gasteiger partial charge on any atom is 0.293 e. The largest absolute Gasteiger partial charge is 0.346 e. The Morgan fingerprint density at radius 3 is 2.59 bits per heavy atom. The number of carbonyl (C=O) groups is 1. The summed E-state index contributed by atoms with van der Waals surface area (Å²) < 4.78 is 86.6. The predicted molar refractivity (Wildman–Crippen MR) is 151 cm³/mol. The monoisotopic (exact) mass is 611 g/mol. The Morgan fingerprint density at radius 2 is 1.89 bits per heavy atom. The first-order valence-electron chi connectivity index (χ1n) is 14.0. The number of alkyl halides is 4. The summed E-state index contributed by atoms with van der Waals surface area (Å²) in [6.45, 7) is 1.16. The van der Waals surface area contributed by atoms with E-state index in [0.29, 0.717) is 15.9 Å². The number of pyridine rings is 1. The van der Waals surface area contributed by atoms with Gasteiger partial charge < -0.3 is 5.32 Å². The van der Waals surface area contributed by atoms with Crippen molar-refractivity contribution in [2.24, 2.45) is 10.9 Å². The lowest BCUT2D eigenvalue weighted by Gasteiger charge is -2.22. The number of nitrogens with one attached hydrogen (secondary N) is 1. The summed E-state index contributed by atoms with van der Waals surface area (Å²) in [4.78, 5) is 22.0. The molecule has 0 aliphatic heterocycles. The van der Waals surface area contributed by atoms with Crippen molar-refractivity contribution < 1.29 is 31.1 Å². The zero-order valence-electron chi connectivity index (χ0n) is 23.7. The number of amides is 1. The van der Waals surface area contributed by atoms with Crippen molar-refractivity contribution in [2.75, 3.05) is 7.05 Å². The predicted octanol–water partition coefficient (Wildman–Crippen LogP) is 6.83. The van der Waals surface area contributed by atoms with Gasteiger partial charge >= 0.3 is 0 Å². The summed E-state index contributed by atoms with van der Waals surface area (Å²) in [5, 5.41) is 6.47. The zero-order chi connectivity index (χ0) is 31.3. The van der Waals surface area contributed by atoms with E-state index in [1.165, 1.54) is 6.20 Å². The first-order valence-corrected chi connectivity index (χ1v) is 14.0. The average Bonchev–Trinajstić information content (AvgIpc) is 3.62. The van der Waals surface area contributed by atoms with E-state index in [1.54, 1.807) is 25.4 Å². The molecule has 44 heavy (non-hydrogen) atoms. The third kappa shape index (κ3) is 5.37. The molecule has 2 heterocycles.